The summed E-state index contributed by atoms with van der Waals surface area (Å²) in [6.07, 6.45) is 1.74. The molecule has 0 bridgehead atoms. The molecule has 1 aromatic heterocycles. The van der Waals surface area contributed by atoms with Crippen molar-refractivity contribution in [1.82, 2.24) is 4.68 Å². The topological polar surface area (TPSA) is 46.4 Å². The number of aromatic nitrogens is 1. The predicted octanol–water partition coefficient (Wildman–Crippen LogP) is 5.55. The second-order valence-electron chi connectivity index (χ2n) is 5.83. The zero-order valence-corrected chi connectivity index (χ0v) is 15.8. The van der Waals surface area contributed by atoms with E-state index in [0.717, 1.165) is 17.0 Å². The van der Waals surface area contributed by atoms with Gasteiger partial charge in [0, 0.05) is 28.7 Å². The van der Waals surface area contributed by atoms with Crippen molar-refractivity contribution in [3.05, 3.63) is 87.2 Å². The molecule has 4 nitrogen and oxygen atoms in total. The van der Waals surface area contributed by atoms with Gasteiger partial charge in [0.1, 0.15) is 0 Å². The molecule has 0 spiro atoms. The van der Waals surface area contributed by atoms with Crippen LogP contribution in [0.1, 0.15) is 27.3 Å². The third-order valence-corrected chi connectivity index (χ3v) is 4.71. The molecule has 0 atom stereocenters. The molecule has 1 amide bonds. The van der Waals surface area contributed by atoms with Crippen LogP contribution in [-0.4, -0.2) is 16.8 Å². The highest BCUT2D eigenvalue weighted by atomic mass is 35.5. The molecule has 132 valence electrons. The van der Waals surface area contributed by atoms with Gasteiger partial charge in [0.05, 0.1) is 15.7 Å². The number of rotatable bonds is 4. The van der Waals surface area contributed by atoms with Crippen LogP contribution in [0.3, 0.4) is 0 Å². The van der Waals surface area contributed by atoms with Crippen molar-refractivity contribution in [2.24, 2.45) is 4.99 Å². The van der Waals surface area contributed by atoms with Gasteiger partial charge in [-0.25, -0.2) is 0 Å². The van der Waals surface area contributed by atoms with E-state index in [1.807, 2.05) is 38.1 Å². The van der Waals surface area contributed by atoms with E-state index in [2.05, 4.69) is 10.4 Å². The molecule has 1 heterocycles. The number of carbonyl (C=O) groups excluding carboxylic acids is 1. The first-order chi connectivity index (χ1) is 12.5. The van der Waals surface area contributed by atoms with Crippen molar-refractivity contribution in [2.75, 3.05) is 5.43 Å². The predicted molar refractivity (Wildman–Crippen MR) is 108 cm³/mol. The number of amides is 1. The molecule has 0 fully saturated rings. The Morgan fingerprint density at radius 3 is 2.46 bits per heavy atom. The van der Waals surface area contributed by atoms with Crippen LogP contribution in [-0.2, 0) is 0 Å². The highest BCUT2D eigenvalue weighted by Gasteiger charge is 2.11. The molecule has 0 radical (unpaired) electrons. The second-order valence-corrected chi connectivity index (χ2v) is 6.64. The van der Waals surface area contributed by atoms with E-state index in [0.29, 0.717) is 21.3 Å². The highest BCUT2D eigenvalue weighted by Crippen LogP contribution is 2.26. The summed E-state index contributed by atoms with van der Waals surface area (Å²) in [6, 6.07) is 16.3. The number of aryl methyl sites for hydroxylation is 1. The van der Waals surface area contributed by atoms with Crippen LogP contribution in [0.5, 0.6) is 0 Å². The first-order valence-electron chi connectivity index (χ1n) is 8.00. The van der Waals surface area contributed by atoms with Crippen LogP contribution in [0.25, 0.3) is 0 Å². The van der Waals surface area contributed by atoms with Crippen LogP contribution in [0.2, 0.25) is 10.0 Å². The number of halogens is 2. The van der Waals surface area contributed by atoms with Gasteiger partial charge in [0.15, 0.2) is 0 Å². The fourth-order valence-electron chi connectivity index (χ4n) is 2.56. The minimum atomic E-state index is -0.166. The van der Waals surface area contributed by atoms with E-state index in [4.69, 9.17) is 23.2 Å². The molecule has 26 heavy (non-hydrogen) atoms. The van der Waals surface area contributed by atoms with Gasteiger partial charge < -0.3 is 0 Å². The molecule has 0 aliphatic heterocycles. The normalized spacial score (nSPS) is 11.1. The Morgan fingerprint density at radius 2 is 1.77 bits per heavy atom. The fourth-order valence-corrected chi connectivity index (χ4v) is 2.85. The monoisotopic (exact) mass is 385 g/mol. The van der Waals surface area contributed by atoms with Crippen LogP contribution in [0.4, 0.5) is 5.69 Å². The summed E-state index contributed by atoms with van der Waals surface area (Å²) in [4.78, 5) is 16.8. The molecular weight excluding hydrogens is 369 g/mol. The Balaban J connectivity index is 1.82. The fraction of sp³-hybridized carbons (Fsp3) is 0.100. The summed E-state index contributed by atoms with van der Waals surface area (Å²) in [5.41, 5.74) is 6.91. The van der Waals surface area contributed by atoms with Crippen molar-refractivity contribution >= 4 is 41.0 Å². The molecule has 0 saturated carbocycles. The number of nitrogens with zero attached hydrogens (tertiary/aromatic N) is 2. The zero-order valence-electron chi connectivity index (χ0n) is 14.3. The lowest BCUT2D eigenvalue weighted by Crippen LogP contribution is -2.24. The first-order valence-corrected chi connectivity index (χ1v) is 8.76. The third kappa shape index (κ3) is 3.98. The van der Waals surface area contributed by atoms with Crippen LogP contribution >= 0.6 is 23.2 Å². The average molecular weight is 386 g/mol. The quantitative estimate of drug-likeness (QED) is 0.588. The van der Waals surface area contributed by atoms with Crippen molar-refractivity contribution in [1.29, 1.82) is 0 Å². The second kappa shape index (κ2) is 7.77. The summed E-state index contributed by atoms with van der Waals surface area (Å²) < 4.78 is 1.76. The van der Waals surface area contributed by atoms with Crippen LogP contribution in [0, 0.1) is 13.8 Å². The van der Waals surface area contributed by atoms with Gasteiger partial charge in [-0.1, -0.05) is 41.4 Å². The van der Waals surface area contributed by atoms with Crippen LogP contribution in [0.15, 0.2) is 59.6 Å². The summed E-state index contributed by atoms with van der Waals surface area (Å²) in [5, 5.41) is 0.953. The Kier molecular flexibility index (Phi) is 5.45. The lowest BCUT2D eigenvalue weighted by molar-refractivity contribution is 0.101. The third-order valence-electron chi connectivity index (χ3n) is 3.98. The number of nitrogens with one attached hydrogen (secondary N) is 1. The van der Waals surface area contributed by atoms with Gasteiger partial charge >= 0.3 is 0 Å². The van der Waals surface area contributed by atoms with Gasteiger partial charge in [0.25, 0.3) is 5.91 Å². The van der Waals surface area contributed by atoms with Crippen LogP contribution < -0.4 is 5.43 Å². The number of carbonyl (C=O) groups is 1. The summed E-state index contributed by atoms with van der Waals surface area (Å²) in [5.74, 6) is -0.166. The summed E-state index contributed by atoms with van der Waals surface area (Å²) >= 11 is 11.9. The Bertz CT molecular complexity index is 978. The molecular formula is C20H17Cl2N3O. The van der Waals surface area contributed by atoms with Crippen molar-refractivity contribution in [3.8, 4) is 0 Å². The Morgan fingerprint density at radius 1 is 1.04 bits per heavy atom. The van der Waals surface area contributed by atoms with E-state index >= 15 is 0 Å². The molecule has 0 unspecified atom stereocenters. The van der Waals surface area contributed by atoms with Crippen molar-refractivity contribution in [3.63, 3.8) is 0 Å². The number of aliphatic imine (C=N–C) groups is 1. The van der Waals surface area contributed by atoms with Gasteiger partial charge in [-0.3, -0.25) is 19.9 Å². The molecule has 1 N–H and O–H groups in total. The minimum Gasteiger partial charge on any atom is -0.267 e. The molecule has 3 rings (SSSR count). The van der Waals surface area contributed by atoms with E-state index in [-0.39, 0.29) is 5.91 Å². The summed E-state index contributed by atoms with van der Waals surface area (Å²) in [7, 11) is 0. The SMILES string of the molecule is Cc1cc(C=Nc2ccc(Cl)c(Cl)c2)c(C)n1NC(=O)c1ccccc1. The number of benzene rings is 2. The van der Waals surface area contributed by atoms with Gasteiger partial charge in [-0.2, -0.15) is 0 Å². The lowest BCUT2D eigenvalue weighted by Gasteiger charge is -2.11. The largest absolute Gasteiger partial charge is 0.270 e. The smallest absolute Gasteiger partial charge is 0.267 e. The Hall–Kier alpha value is -2.56. The van der Waals surface area contributed by atoms with E-state index < -0.39 is 0 Å². The van der Waals surface area contributed by atoms with E-state index in [1.165, 1.54) is 0 Å². The zero-order chi connectivity index (χ0) is 18.7. The summed E-state index contributed by atoms with van der Waals surface area (Å²) in [6.45, 7) is 3.85. The molecule has 0 saturated heterocycles. The lowest BCUT2D eigenvalue weighted by atomic mass is 10.2. The standard InChI is InChI=1S/C20H17Cl2N3O/c1-13-10-16(12-23-17-8-9-18(21)19(22)11-17)14(2)25(13)24-20(26)15-6-4-3-5-7-15/h3-12H,1-2H3,(H,24,26). The Labute approximate surface area is 162 Å². The molecule has 3 aromatic rings. The molecule has 0 aliphatic rings. The molecule has 2 aromatic carbocycles. The number of hydrogen-bond acceptors (Lipinski definition) is 2. The maximum absolute atomic E-state index is 12.4. The van der Waals surface area contributed by atoms with Gasteiger partial charge in [0.2, 0.25) is 0 Å². The van der Waals surface area contributed by atoms with Crippen molar-refractivity contribution < 1.29 is 4.79 Å². The number of hydrogen-bond donors (Lipinski definition) is 1. The average Bonchev–Trinajstić information content (AvgIpc) is 2.91. The highest BCUT2D eigenvalue weighted by molar-refractivity contribution is 6.42. The molecule has 6 heteroatoms. The van der Waals surface area contributed by atoms with Gasteiger partial charge in [-0.15, -0.1) is 0 Å². The first kappa shape index (κ1) is 18.2. The van der Waals surface area contributed by atoms with Gasteiger partial charge in [-0.05, 0) is 50.2 Å². The minimum absolute atomic E-state index is 0.166. The maximum atomic E-state index is 12.4. The van der Waals surface area contributed by atoms with E-state index in [1.54, 1.807) is 41.2 Å². The van der Waals surface area contributed by atoms with E-state index in [9.17, 15) is 4.79 Å². The molecule has 0 aliphatic carbocycles. The maximum Gasteiger partial charge on any atom is 0.270 e. The van der Waals surface area contributed by atoms with Crippen molar-refractivity contribution in [2.45, 2.75) is 13.8 Å².